The molecule has 1 unspecified atom stereocenters. The molecule has 0 saturated carbocycles. The van der Waals surface area contributed by atoms with E-state index in [1.54, 1.807) is 0 Å². The van der Waals surface area contributed by atoms with Crippen LogP contribution in [-0.2, 0) is 11.2 Å². The molecule has 0 N–H and O–H groups in total. The van der Waals surface area contributed by atoms with Crippen LogP contribution in [0.1, 0.15) is 30.2 Å². The Kier molecular flexibility index (Phi) is 2.92. The second kappa shape index (κ2) is 4.90. The highest BCUT2D eigenvalue weighted by atomic mass is 16.5. The molecular weight excluding hydrogens is 256 g/mol. The predicted octanol–water partition coefficient (Wildman–Crippen LogP) is 2.57. The largest absolute Gasteiger partial charge is 0.493 e. The van der Waals surface area contributed by atoms with Crippen LogP contribution in [0.3, 0.4) is 0 Å². The van der Waals surface area contributed by atoms with Crippen LogP contribution in [0.25, 0.3) is 11.4 Å². The number of hydrogen-bond acceptors (Lipinski definition) is 5. The number of hydrogen-bond donors (Lipinski definition) is 0. The molecule has 1 aromatic heterocycles. The summed E-state index contributed by atoms with van der Waals surface area (Å²) in [5.74, 6) is 2.55. The quantitative estimate of drug-likeness (QED) is 0.841. The van der Waals surface area contributed by atoms with Crippen molar-refractivity contribution in [1.29, 1.82) is 0 Å². The van der Waals surface area contributed by atoms with Crippen LogP contribution in [0.2, 0.25) is 0 Å². The molecule has 1 fully saturated rings. The van der Waals surface area contributed by atoms with E-state index in [1.165, 1.54) is 5.56 Å². The Morgan fingerprint density at radius 2 is 2.20 bits per heavy atom. The lowest BCUT2D eigenvalue weighted by atomic mass is 10.0. The van der Waals surface area contributed by atoms with Gasteiger partial charge in [-0.25, -0.2) is 0 Å². The van der Waals surface area contributed by atoms with Crippen LogP contribution in [0.5, 0.6) is 5.75 Å². The average Bonchev–Trinajstić information content (AvgIpc) is 3.16. The third-order valence-electron chi connectivity index (χ3n) is 3.90. The number of benzene rings is 1. The maximum Gasteiger partial charge on any atom is 0.232 e. The van der Waals surface area contributed by atoms with Gasteiger partial charge in [-0.2, -0.15) is 4.98 Å². The van der Waals surface area contributed by atoms with Crippen LogP contribution < -0.4 is 4.74 Å². The lowest BCUT2D eigenvalue weighted by Crippen LogP contribution is -2.15. The van der Waals surface area contributed by atoms with Crippen LogP contribution in [0.4, 0.5) is 0 Å². The molecule has 2 aromatic rings. The van der Waals surface area contributed by atoms with Gasteiger partial charge < -0.3 is 14.0 Å². The second-order valence-electron chi connectivity index (χ2n) is 5.29. The number of fused-ring (bicyclic) bond motifs is 1. The van der Waals surface area contributed by atoms with Gasteiger partial charge in [0.25, 0.3) is 0 Å². The maximum absolute atomic E-state index is 5.51. The Hall–Kier alpha value is -1.88. The summed E-state index contributed by atoms with van der Waals surface area (Å²) in [5.41, 5.74) is 2.20. The van der Waals surface area contributed by atoms with E-state index in [2.05, 4.69) is 16.2 Å². The summed E-state index contributed by atoms with van der Waals surface area (Å²) in [4.78, 5) is 4.53. The molecule has 1 saturated heterocycles. The van der Waals surface area contributed by atoms with Crippen molar-refractivity contribution in [1.82, 2.24) is 10.1 Å². The molecule has 20 heavy (non-hydrogen) atoms. The molecule has 3 heterocycles. The van der Waals surface area contributed by atoms with Gasteiger partial charge in [0.15, 0.2) is 0 Å². The molecule has 2 aliphatic rings. The summed E-state index contributed by atoms with van der Waals surface area (Å²) in [5, 5.41) is 4.10. The van der Waals surface area contributed by atoms with Gasteiger partial charge in [0.05, 0.1) is 19.1 Å². The summed E-state index contributed by atoms with van der Waals surface area (Å²) >= 11 is 0. The molecule has 0 aliphatic carbocycles. The van der Waals surface area contributed by atoms with Gasteiger partial charge in [-0.15, -0.1) is 0 Å². The fraction of sp³-hybridized carbons (Fsp3) is 0.467. The van der Waals surface area contributed by atoms with Crippen molar-refractivity contribution in [2.75, 3.05) is 19.8 Å². The number of rotatable bonds is 2. The number of ether oxygens (including phenoxy) is 2. The molecule has 2 aliphatic heterocycles. The summed E-state index contributed by atoms with van der Waals surface area (Å²) in [6, 6.07) is 6.06. The molecule has 0 bridgehead atoms. The van der Waals surface area contributed by atoms with Crippen molar-refractivity contribution in [2.45, 2.75) is 25.2 Å². The molecule has 0 amide bonds. The highest BCUT2D eigenvalue weighted by molar-refractivity contribution is 5.59. The smallest absolute Gasteiger partial charge is 0.232 e. The van der Waals surface area contributed by atoms with E-state index in [4.69, 9.17) is 14.0 Å². The molecule has 0 spiro atoms. The molecule has 1 aromatic carbocycles. The highest BCUT2D eigenvalue weighted by Crippen LogP contribution is 2.31. The fourth-order valence-electron chi connectivity index (χ4n) is 2.78. The Balaban J connectivity index is 1.61. The Morgan fingerprint density at radius 1 is 1.20 bits per heavy atom. The standard InChI is InChI=1S/C15H16N2O3/c1-2-12(9-18-6-1)15-16-14(17-20-15)11-3-4-13-10(8-11)5-7-19-13/h3-4,8,12H,1-2,5-7,9H2. The molecule has 0 radical (unpaired) electrons. The van der Waals surface area contributed by atoms with Gasteiger partial charge in [0.1, 0.15) is 5.75 Å². The maximum atomic E-state index is 5.51. The minimum Gasteiger partial charge on any atom is -0.493 e. The monoisotopic (exact) mass is 272 g/mol. The zero-order valence-corrected chi connectivity index (χ0v) is 11.2. The fourth-order valence-corrected chi connectivity index (χ4v) is 2.78. The van der Waals surface area contributed by atoms with Crippen LogP contribution in [-0.4, -0.2) is 30.0 Å². The Morgan fingerprint density at radius 3 is 3.10 bits per heavy atom. The van der Waals surface area contributed by atoms with Crippen LogP contribution >= 0.6 is 0 Å². The minimum absolute atomic E-state index is 0.239. The minimum atomic E-state index is 0.239. The van der Waals surface area contributed by atoms with E-state index in [0.29, 0.717) is 18.3 Å². The molecular formula is C15H16N2O3. The predicted molar refractivity (Wildman–Crippen MR) is 71.7 cm³/mol. The SMILES string of the molecule is c1cc2c(cc1-c1noc(C3CCCOC3)n1)CCO2. The zero-order valence-electron chi connectivity index (χ0n) is 11.2. The van der Waals surface area contributed by atoms with Crippen LogP contribution in [0, 0.1) is 0 Å². The first kappa shape index (κ1) is 11.9. The van der Waals surface area contributed by atoms with Crippen molar-refractivity contribution < 1.29 is 14.0 Å². The van der Waals surface area contributed by atoms with Gasteiger partial charge >= 0.3 is 0 Å². The first-order valence-corrected chi connectivity index (χ1v) is 7.07. The zero-order chi connectivity index (χ0) is 13.4. The second-order valence-corrected chi connectivity index (χ2v) is 5.29. The average molecular weight is 272 g/mol. The highest BCUT2D eigenvalue weighted by Gasteiger charge is 2.23. The molecule has 5 nitrogen and oxygen atoms in total. The van der Waals surface area contributed by atoms with Crippen molar-refractivity contribution in [3.63, 3.8) is 0 Å². The summed E-state index contributed by atoms with van der Waals surface area (Å²) in [6.45, 7) is 2.28. The van der Waals surface area contributed by atoms with Gasteiger partial charge in [0.2, 0.25) is 11.7 Å². The first-order chi connectivity index (χ1) is 9.90. The first-order valence-electron chi connectivity index (χ1n) is 7.07. The van der Waals surface area contributed by atoms with E-state index in [1.807, 2.05) is 12.1 Å². The summed E-state index contributed by atoms with van der Waals surface area (Å²) < 4.78 is 16.4. The van der Waals surface area contributed by atoms with Crippen molar-refractivity contribution in [3.05, 3.63) is 29.7 Å². The number of nitrogens with zero attached hydrogens (tertiary/aromatic N) is 2. The molecule has 104 valence electrons. The molecule has 1 atom stereocenters. The normalized spacial score (nSPS) is 21.5. The van der Waals surface area contributed by atoms with Gasteiger partial charge in [0, 0.05) is 18.6 Å². The third-order valence-corrected chi connectivity index (χ3v) is 3.90. The number of aromatic nitrogens is 2. The van der Waals surface area contributed by atoms with E-state index in [-0.39, 0.29) is 5.92 Å². The lowest BCUT2D eigenvalue weighted by Gasteiger charge is -2.17. The van der Waals surface area contributed by atoms with Gasteiger partial charge in [-0.1, -0.05) is 5.16 Å². The topological polar surface area (TPSA) is 57.4 Å². The van der Waals surface area contributed by atoms with Crippen molar-refractivity contribution in [2.24, 2.45) is 0 Å². The molecule has 5 heteroatoms. The Bertz CT molecular complexity index is 617. The Labute approximate surface area is 116 Å². The van der Waals surface area contributed by atoms with E-state index in [0.717, 1.165) is 43.8 Å². The van der Waals surface area contributed by atoms with Gasteiger partial charge in [-0.3, -0.25) is 0 Å². The van der Waals surface area contributed by atoms with E-state index in [9.17, 15) is 0 Å². The van der Waals surface area contributed by atoms with Crippen molar-refractivity contribution in [3.8, 4) is 17.1 Å². The van der Waals surface area contributed by atoms with Crippen LogP contribution in [0.15, 0.2) is 22.7 Å². The van der Waals surface area contributed by atoms with E-state index >= 15 is 0 Å². The van der Waals surface area contributed by atoms with Gasteiger partial charge in [-0.05, 0) is 36.6 Å². The van der Waals surface area contributed by atoms with E-state index < -0.39 is 0 Å². The lowest BCUT2D eigenvalue weighted by molar-refractivity contribution is 0.0705. The molecule has 4 rings (SSSR count). The summed E-state index contributed by atoms with van der Waals surface area (Å²) in [7, 11) is 0. The van der Waals surface area contributed by atoms with Crippen molar-refractivity contribution >= 4 is 0 Å². The third kappa shape index (κ3) is 2.08. The summed E-state index contributed by atoms with van der Waals surface area (Å²) in [6.07, 6.45) is 3.06.